The second kappa shape index (κ2) is 11.8. The summed E-state index contributed by atoms with van der Waals surface area (Å²) < 4.78 is 0. The fraction of sp³-hybridized carbons (Fsp3) is 0.0400. The Hall–Kier alpha value is -6.36. The molecule has 2 nitrogen and oxygen atoms in total. The average Bonchev–Trinajstić information content (AvgIpc) is 3.23. The quantitative estimate of drug-likeness (QED) is 0.165. The number of nitrogens with zero attached hydrogens (tertiary/aromatic N) is 2. The Kier molecular flexibility index (Phi) is 6.83. The van der Waals surface area contributed by atoms with Gasteiger partial charge in [0.05, 0.1) is 11.4 Å². The molecule has 54 heavy (non-hydrogen) atoms. The molecule has 0 unspecified atom stereocenters. The van der Waals surface area contributed by atoms with Crippen LogP contribution in [0.5, 0.6) is 0 Å². The molecule has 0 radical (unpaired) electrons. The minimum atomic E-state index is -2.51. The first-order valence-electron chi connectivity index (χ1n) is 19.0. The van der Waals surface area contributed by atoms with Gasteiger partial charge in [-0.3, -0.25) is 0 Å². The topological polar surface area (TPSA) is 6.48 Å². The van der Waals surface area contributed by atoms with Gasteiger partial charge in [0.15, 0.2) is 0 Å². The molecule has 3 heterocycles. The van der Waals surface area contributed by atoms with Crippen LogP contribution in [0.25, 0.3) is 22.3 Å². The lowest BCUT2D eigenvalue weighted by atomic mass is 9.33. The van der Waals surface area contributed by atoms with Crippen LogP contribution in [0.1, 0.15) is 5.56 Å². The molecule has 3 aliphatic rings. The van der Waals surface area contributed by atoms with E-state index in [1.54, 1.807) is 0 Å². The highest BCUT2D eigenvalue weighted by molar-refractivity contribution is 7.21. The number of benzene rings is 8. The monoisotopic (exact) mass is 704 g/mol. The molecular formula is C50H37BN2Si. The van der Waals surface area contributed by atoms with E-state index in [1.807, 2.05) is 0 Å². The van der Waals surface area contributed by atoms with Crippen LogP contribution < -0.4 is 41.7 Å². The maximum absolute atomic E-state index is 2.60. The van der Waals surface area contributed by atoms with Gasteiger partial charge in [-0.2, -0.15) is 0 Å². The molecule has 0 spiro atoms. The second-order valence-electron chi connectivity index (χ2n) is 15.1. The van der Waals surface area contributed by atoms with Crippen LogP contribution >= 0.6 is 0 Å². The first-order valence-corrected chi connectivity index (χ1v) is 21.5. The summed E-state index contributed by atoms with van der Waals surface area (Å²) >= 11 is 0. The van der Waals surface area contributed by atoms with Crippen molar-refractivity contribution < 1.29 is 0 Å². The van der Waals surface area contributed by atoms with E-state index in [2.05, 4.69) is 211 Å². The van der Waals surface area contributed by atoms with Gasteiger partial charge < -0.3 is 9.80 Å². The maximum Gasteiger partial charge on any atom is 0.251 e. The summed E-state index contributed by atoms with van der Waals surface area (Å²) in [5.41, 5.74) is 18.0. The van der Waals surface area contributed by atoms with Crippen LogP contribution in [0.3, 0.4) is 0 Å². The van der Waals surface area contributed by atoms with Crippen LogP contribution in [0.2, 0.25) is 6.55 Å². The summed E-state index contributed by atoms with van der Waals surface area (Å²) in [5.74, 6) is 0. The number of hydrogen-bond acceptors (Lipinski definition) is 2. The Morgan fingerprint density at radius 2 is 0.796 bits per heavy atom. The van der Waals surface area contributed by atoms with Crippen molar-refractivity contribution in [2.75, 3.05) is 9.80 Å². The third kappa shape index (κ3) is 4.29. The van der Waals surface area contributed by atoms with E-state index in [0.717, 1.165) is 0 Å². The van der Waals surface area contributed by atoms with E-state index in [-0.39, 0.29) is 6.71 Å². The summed E-state index contributed by atoms with van der Waals surface area (Å²) in [5, 5.41) is 4.47. The molecule has 8 aromatic rings. The van der Waals surface area contributed by atoms with Gasteiger partial charge in [-0.1, -0.05) is 169 Å². The molecule has 0 aliphatic carbocycles. The molecule has 8 aromatic carbocycles. The number of hydrogen-bond donors (Lipinski definition) is 0. The first kappa shape index (κ1) is 31.2. The largest absolute Gasteiger partial charge is 0.311 e. The van der Waals surface area contributed by atoms with Crippen molar-refractivity contribution in [2.45, 2.75) is 13.5 Å². The Labute approximate surface area is 318 Å². The highest BCUT2D eigenvalue weighted by atomic mass is 28.3. The molecule has 3 aliphatic heterocycles. The van der Waals surface area contributed by atoms with Crippen LogP contribution in [0.4, 0.5) is 34.1 Å². The Morgan fingerprint density at radius 3 is 1.28 bits per heavy atom. The Morgan fingerprint density at radius 1 is 0.389 bits per heavy atom. The van der Waals surface area contributed by atoms with Gasteiger partial charge in [0.2, 0.25) is 0 Å². The Balaban J connectivity index is 1.29. The summed E-state index contributed by atoms with van der Waals surface area (Å²) in [6.45, 7) is 4.96. The van der Waals surface area contributed by atoms with E-state index in [1.165, 1.54) is 93.9 Å². The van der Waals surface area contributed by atoms with Crippen LogP contribution in [0, 0.1) is 6.92 Å². The van der Waals surface area contributed by atoms with Crippen molar-refractivity contribution in [1.82, 2.24) is 0 Å². The SMILES string of the molecule is Cc1cc2c3c(c1)N(c1ccccc1-c1ccccc1)c1cccc4c1B3c1c(cccc1[Si]4(C)c1ccccc1)N2c1ccccc1-c1ccccc1. The van der Waals surface area contributed by atoms with E-state index in [0.29, 0.717) is 0 Å². The molecule has 0 bridgehead atoms. The highest BCUT2D eigenvalue weighted by Gasteiger charge is 2.53. The predicted octanol–water partition coefficient (Wildman–Crippen LogP) is 8.83. The lowest BCUT2D eigenvalue weighted by molar-refractivity contribution is 1.24. The van der Waals surface area contributed by atoms with Crippen molar-refractivity contribution in [3.05, 3.63) is 194 Å². The van der Waals surface area contributed by atoms with Gasteiger partial charge >= 0.3 is 0 Å². The zero-order chi connectivity index (χ0) is 36.0. The lowest BCUT2D eigenvalue weighted by Crippen LogP contribution is -2.83. The number of aryl methyl sites for hydroxylation is 1. The maximum atomic E-state index is 2.60. The van der Waals surface area contributed by atoms with Crippen molar-refractivity contribution in [1.29, 1.82) is 0 Å². The Bertz CT molecular complexity index is 2600. The summed E-state index contributed by atoms with van der Waals surface area (Å²) in [6.07, 6.45) is 0. The highest BCUT2D eigenvalue weighted by Crippen LogP contribution is 2.48. The van der Waals surface area contributed by atoms with Gasteiger partial charge in [-0.05, 0) is 81.6 Å². The van der Waals surface area contributed by atoms with Crippen molar-refractivity contribution in [2.24, 2.45) is 0 Å². The number of anilines is 6. The number of rotatable bonds is 5. The zero-order valence-electron chi connectivity index (χ0n) is 30.4. The van der Waals surface area contributed by atoms with Gasteiger partial charge in [0.25, 0.3) is 6.71 Å². The molecule has 254 valence electrons. The molecule has 0 saturated carbocycles. The lowest BCUT2D eigenvalue weighted by Gasteiger charge is -2.51. The summed E-state index contributed by atoms with van der Waals surface area (Å²) in [6, 6.07) is 70.3. The van der Waals surface area contributed by atoms with Crippen molar-refractivity contribution >= 4 is 80.9 Å². The molecular weight excluding hydrogens is 667 g/mol. The van der Waals surface area contributed by atoms with Crippen LogP contribution in [-0.4, -0.2) is 14.8 Å². The van der Waals surface area contributed by atoms with Crippen molar-refractivity contribution in [3.63, 3.8) is 0 Å². The smallest absolute Gasteiger partial charge is 0.251 e. The predicted molar refractivity (Wildman–Crippen MR) is 233 cm³/mol. The molecule has 4 heteroatoms. The van der Waals surface area contributed by atoms with Gasteiger partial charge in [-0.15, -0.1) is 0 Å². The third-order valence-electron chi connectivity index (χ3n) is 12.2. The minimum absolute atomic E-state index is 0.109. The molecule has 0 fully saturated rings. The molecule has 0 atom stereocenters. The van der Waals surface area contributed by atoms with Crippen LogP contribution in [-0.2, 0) is 0 Å². The standard InChI is InChI=1S/C50H37BN2Si/c1-34-32-44-48-45(33-34)53(41-27-15-13-25-39(41)36-20-8-4-9-21-36)43-29-17-31-47-50(43)51(48)49-42(28-16-30-46(49)54(47,2)37-22-10-5-11-23-37)52(44)40-26-14-12-24-38(40)35-18-6-3-7-19-35/h3-33H,1-2H3. The zero-order valence-corrected chi connectivity index (χ0v) is 31.4. The molecule has 0 N–H and O–H groups in total. The van der Waals surface area contributed by atoms with E-state index in [4.69, 9.17) is 0 Å². The fourth-order valence-electron chi connectivity index (χ4n) is 9.90. The summed E-state index contributed by atoms with van der Waals surface area (Å²) in [4.78, 5) is 5.20. The average molecular weight is 705 g/mol. The third-order valence-corrected chi connectivity index (χ3v) is 16.7. The molecule has 11 rings (SSSR count). The van der Waals surface area contributed by atoms with Gasteiger partial charge in [0.1, 0.15) is 8.07 Å². The molecule has 0 saturated heterocycles. The summed E-state index contributed by atoms with van der Waals surface area (Å²) in [7, 11) is -2.51. The normalized spacial score (nSPS) is 14.1. The molecule has 0 amide bonds. The second-order valence-corrected chi connectivity index (χ2v) is 19.0. The van der Waals surface area contributed by atoms with E-state index < -0.39 is 8.07 Å². The van der Waals surface area contributed by atoms with E-state index >= 15 is 0 Å². The van der Waals surface area contributed by atoms with Gasteiger partial charge in [-0.25, -0.2) is 0 Å². The minimum Gasteiger partial charge on any atom is -0.311 e. The van der Waals surface area contributed by atoms with Crippen LogP contribution in [0.15, 0.2) is 188 Å². The fourth-order valence-corrected chi connectivity index (χ4v) is 14.2. The first-order chi connectivity index (χ1) is 26.6. The van der Waals surface area contributed by atoms with E-state index in [9.17, 15) is 0 Å². The van der Waals surface area contributed by atoms with Crippen molar-refractivity contribution in [3.8, 4) is 22.3 Å². The number of para-hydroxylation sites is 2. The van der Waals surface area contributed by atoms with Gasteiger partial charge in [0, 0.05) is 33.9 Å². The molecule has 0 aromatic heterocycles.